The van der Waals surface area contributed by atoms with Crippen LogP contribution in [0.2, 0.25) is 0 Å². The molecule has 0 bridgehead atoms. The van der Waals surface area contributed by atoms with Crippen LogP contribution in [0.3, 0.4) is 0 Å². The fourth-order valence-corrected chi connectivity index (χ4v) is 1.76. The standard InChI is InChI=1S/C8H11F2N3O2S/c1-5-7(16-12-11-5)8(15)13(2-3-14)4-6(9)10/h6,14H,2-4H2,1H3. The highest BCUT2D eigenvalue weighted by Crippen LogP contribution is 2.13. The van der Waals surface area contributed by atoms with E-state index in [0.717, 1.165) is 16.4 Å². The van der Waals surface area contributed by atoms with Crippen molar-refractivity contribution in [3.05, 3.63) is 10.6 Å². The van der Waals surface area contributed by atoms with Crippen LogP contribution in [0.5, 0.6) is 0 Å². The summed E-state index contributed by atoms with van der Waals surface area (Å²) in [6.45, 7) is 0.400. The third kappa shape index (κ3) is 3.17. The van der Waals surface area contributed by atoms with Crippen molar-refractivity contribution in [1.82, 2.24) is 14.5 Å². The third-order valence-corrected chi connectivity index (χ3v) is 2.68. The van der Waals surface area contributed by atoms with Crippen LogP contribution in [-0.2, 0) is 0 Å². The zero-order valence-corrected chi connectivity index (χ0v) is 9.38. The van der Waals surface area contributed by atoms with Gasteiger partial charge < -0.3 is 10.0 Å². The SMILES string of the molecule is Cc1nnsc1C(=O)N(CCO)CC(F)F. The molecule has 8 heteroatoms. The lowest BCUT2D eigenvalue weighted by molar-refractivity contribution is 0.0512. The highest BCUT2D eigenvalue weighted by Gasteiger charge is 2.22. The van der Waals surface area contributed by atoms with Crippen LogP contribution in [-0.4, -0.2) is 51.6 Å². The summed E-state index contributed by atoms with van der Waals surface area (Å²) in [5, 5.41) is 12.3. The summed E-state index contributed by atoms with van der Waals surface area (Å²) >= 11 is 0.860. The lowest BCUT2D eigenvalue weighted by atomic mass is 10.3. The molecule has 1 aromatic heterocycles. The number of alkyl halides is 2. The van der Waals surface area contributed by atoms with Crippen LogP contribution < -0.4 is 0 Å². The number of aliphatic hydroxyl groups excluding tert-OH is 1. The fraction of sp³-hybridized carbons (Fsp3) is 0.625. The van der Waals surface area contributed by atoms with Gasteiger partial charge >= 0.3 is 0 Å². The predicted molar refractivity (Wildman–Crippen MR) is 53.6 cm³/mol. The van der Waals surface area contributed by atoms with Gasteiger partial charge in [-0.2, -0.15) is 0 Å². The number of amides is 1. The molecule has 1 amide bonds. The maximum Gasteiger partial charge on any atom is 0.267 e. The van der Waals surface area contributed by atoms with Crippen molar-refractivity contribution in [1.29, 1.82) is 0 Å². The van der Waals surface area contributed by atoms with Gasteiger partial charge in [0.05, 0.1) is 18.8 Å². The van der Waals surface area contributed by atoms with Crippen molar-refractivity contribution >= 4 is 17.4 Å². The summed E-state index contributed by atoms with van der Waals surface area (Å²) in [4.78, 5) is 12.9. The minimum atomic E-state index is -2.63. The van der Waals surface area contributed by atoms with Gasteiger partial charge in [0.25, 0.3) is 12.3 Å². The quantitative estimate of drug-likeness (QED) is 0.829. The maximum absolute atomic E-state index is 12.2. The normalized spacial score (nSPS) is 10.8. The van der Waals surface area contributed by atoms with Gasteiger partial charge in [0.2, 0.25) is 0 Å². The predicted octanol–water partition coefficient (Wildman–Crippen LogP) is 0.546. The van der Waals surface area contributed by atoms with Gasteiger partial charge in [-0.25, -0.2) is 8.78 Å². The Kier molecular flexibility index (Phi) is 4.69. The van der Waals surface area contributed by atoms with Gasteiger partial charge in [-0.3, -0.25) is 4.79 Å². The van der Waals surface area contributed by atoms with E-state index in [1.165, 1.54) is 0 Å². The molecule has 0 aliphatic heterocycles. The largest absolute Gasteiger partial charge is 0.395 e. The van der Waals surface area contributed by atoms with Crippen molar-refractivity contribution in [3.63, 3.8) is 0 Å². The summed E-state index contributed by atoms with van der Waals surface area (Å²) in [6.07, 6.45) is -2.63. The van der Waals surface area contributed by atoms with E-state index < -0.39 is 18.9 Å². The number of aliphatic hydroxyl groups is 1. The zero-order chi connectivity index (χ0) is 12.1. The van der Waals surface area contributed by atoms with Crippen LogP contribution in [0, 0.1) is 6.92 Å². The van der Waals surface area contributed by atoms with Crippen LogP contribution in [0.25, 0.3) is 0 Å². The molecule has 5 nitrogen and oxygen atoms in total. The second kappa shape index (κ2) is 5.80. The van der Waals surface area contributed by atoms with Crippen molar-refractivity contribution in [3.8, 4) is 0 Å². The molecular formula is C8H11F2N3O2S. The molecule has 0 atom stereocenters. The molecule has 0 aliphatic rings. The average molecular weight is 251 g/mol. The summed E-state index contributed by atoms with van der Waals surface area (Å²) in [5.74, 6) is -0.568. The Morgan fingerprint density at radius 3 is 2.75 bits per heavy atom. The summed E-state index contributed by atoms with van der Waals surface area (Å²) < 4.78 is 28.0. The van der Waals surface area contributed by atoms with E-state index in [9.17, 15) is 13.6 Å². The summed E-state index contributed by atoms with van der Waals surface area (Å²) in [5.41, 5.74) is 0.409. The van der Waals surface area contributed by atoms with Gasteiger partial charge in [-0.1, -0.05) is 4.49 Å². The number of carbonyl (C=O) groups is 1. The molecule has 0 spiro atoms. The molecule has 0 saturated carbocycles. The number of hydrogen-bond acceptors (Lipinski definition) is 5. The first kappa shape index (κ1) is 12.9. The second-order valence-corrected chi connectivity index (χ2v) is 3.81. The Morgan fingerprint density at radius 2 is 2.31 bits per heavy atom. The number of aromatic nitrogens is 2. The molecule has 1 aromatic rings. The molecule has 1 N–H and O–H groups in total. The van der Waals surface area contributed by atoms with Gasteiger partial charge in [0.1, 0.15) is 4.88 Å². The van der Waals surface area contributed by atoms with E-state index in [4.69, 9.17) is 5.11 Å². The molecule has 1 heterocycles. The Labute approximate surface area is 94.9 Å². The van der Waals surface area contributed by atoms with E-state index in [2.05, 4.69) is 9.59 Å². The lowest BCUT2D eigenvalue weighted by Gasteiger charge is -2.20. The first-order valence-corrected chi connectivity index (χ1v) is 5.30. The van der Waals surface area contributed by atoms with E-state index in [0.29, 0.717) is 5.69 Å². The number of rotatable bonds is 5. The van der Waals surface area contributed by atoms with E-state index in [1.54, 1.807) is 6.92 Å². The molecule has 0 radical (unpaired) electrons. The van der Waals surface area contributed by atoms with E-state index >= 15 is 0 Å². The fourth-order valence-electron chi connectivity index (χ4n) is 1.13. The Balaban J connectivity index is 2.78. The zero-order valence-electron chi connectivity index (χ0n) is 8.56. The monoisotopic (exact) mass is 251 g/mol. The van der Waals surface area contributed by atoms with Gasteiger partial charge in [-0.05, 0) is 18.5 Å². The van der Waals surface area contributed by atoms with Crippen LogP contribution in [0.15, 0.2) is 0 Å². The number of hydrogen-bond donors (Lipinski definition) is 1. The Morgan fingerprint density at radius 1 is 1.62 bits per heavy atom. The Bertz CT molecular complexity index is 359. The van der Waals surface area contributed by atoms with Crippen molar-refractivity contribution in [2.75, 3.05) is 19.7 Å². The number of nitrogens with zero attached hydrogens (tertiary/aromatic N) is 3. The third-order valence-electron chi connectivity index (χ3n) is 1.86. The molecule has 90 valence electrons. The number of halogens is 2. The topological polar surface area (TPSA) is 66.3 Å². The minimum absolute atomic E-state index is 0.124. The van der Waals surface area contributed by atoms with Gasteiger partial charge in [-0.15, -0.1) is 5.10 Å². The first-order chi connectivity index (χ1) is 7.56. The molecule has 0 fully saturated rings. The van der Waals surface area contributed by atoms with Gasteiger partial charge in [0.15, 0.2) is 0 Å². The van der Waals surface area contributed by atoms with E-state index in [-0.39, 0.29) is 18.0 Å². The Hall–Kier alpha value is -1.15. The second-order valence-electron chi connectivity index (χ2n) is 3.05. The first-order valence-electron chi connectivity index (χ1n) is 4.53. The molecule has 0 saturated heterocycles. The molecule has 0 aliphatic carbocycles. The molecular weight excluding hydrogens is 240 g/mol. The highest BCUT2D eigenvalue weighted by molar-refractivity contribution is 7.07. The maximum atomic E-state index is 12.2. The van der Waals surface area contributed by atoms with Crippen molar-refractivity contribution in [2.45, 2.75) is 13.3 Å². The van der Waals surface area contributed by atoms with Crippen LogP contribution in [0.4, 0.5) is 8.78 Å². The number of aryl methyl sites for hydroxylation is 1. The van der Waals surface area contributed by atoms with Gasteiger partial charge in [0, 0.05) is 6.54 Å². The average Bonchev–Trinajstić information content (AvgIpc) is 2.62. The van der Waals surface area contributed by atoms with E-state index in [1.807, 2.05) is 0 Å². The minimum Gasteiger partial charge on any atom is -0.395 e. The number of carbonyl (C=O) groups excluding carboxylic acids is 1. The molecule has 0 unspecified atom stereocenters. The molecule has 16 heavy (non-hydrogen) atoms. The van der Waals surface area contributed by atoms with Crippen LogP contribution >= 0.6 is 11.5 Å². The summed E-state index contributed by atoms with van der Waals surface area (Å²) in [7, 11) is 0. The molecule has 0 aromatic carbocycles. The highest BCUT2D eigenvalue weighted by atomic mass is 32.1. The molecule has 1 rings (SSSR count). The van der Waals surface area contributed by atoms with Crippen molar-refractivity contribution in [2.24, 2.45) is 0 Å². The van der Waals surface area contributed by atoms with Crippen LogP contribution in [0.1, 0.15) is 15.4 Å². The lowest BCUT2D eigenvalue weighted by Crippen LogP contribution is -2.37. The smallest absolute Gasteiger partial charge is 0.267 e. The summed E-state index contributed by atoms with van der Waals surface area (Å²) in [6, 6.07) is 0. The van der Waals surface area contributed by atoms with Crippen molar-refractivity contribution < 1.29 is 18.7 Å².